The van der Waals surface area contributed by atoms with Crippen LogP contribution in [0, 0.1) is 5.41 Å². The van der Waals surface area contributed by atoms with E-state index in [4.69, 9.17) is 22.0 Å². The highest BCUT2D eigenvalue weighted by Crippen LogP contribution is 2.31. The predicted octanol–water partition coefficient (Wildman–Crippen LogP) is 0.190. The van der Waals surface area contributed by atoms with Gasteiger partial charge in [0.25, 0.3) is 0 Å². The van der Waals surface area contributed by atoms with Gasteiger partial charge in [0, 0.05) is 13.1 Å². The number of nitrogens with zero attached hydrogens (tertiary/aromatic N) is 5. The van der Waals surface area contributed by atoms with E-state index in [1.165, 1.54) is 11.2 Å². The Balaban J connectivity index is 1.91. The lowest BCUT2D eigenvalue weighted by atomic mass is 10.3. The van der Waals surface area contributed by atoms with Crippen LogP contribution in [0.2, 0.25) is 0 Å². The molecule has 3 rings (SSSR count). The van der Waals surface area contributed by atoms with Crippen LogP contribution in [-0.2, 0) is 0 Å². The molecule has 0 aliphatic carbocycles. The lowest BCUT2D eigenvalue weighted by molar-refractivity contribution is 0.255. The van der Waals surface area contributed by atoms with Crippen LogP contribution in [0.4, 0.5) is 23.0 Å². The zero-order valence-electron chi connectivity index (χ0n) is 12.7. The number of β-amino-alcohol motifs (C(OH)–C–C–N with tert-alkyl or cyclic N) is 1. The number of rotatable bonds is 4. The van der Waals surface area contributed by atoms with E-state index in [2.05, 4.69) is 20.0 Å². The van der Waals surface area contributed by atoms with Crippen molar-refractivity contribution in [1.29, 1.82) is 5.41 Å². The zero-order chi connectivity index (χ0) is 16.4. The molecule has 1 fully saturated rings. The Labute approximate surface area is 133 Å². The maximum absolute atomic E-state index is 8.95. The van der Waals surface area contributed by atoms with E-state index in [0.717, 1.165) is 25.9 Å². The summed E-state index contributed by atoms with van der Waals surface area (Å²) in [4.78, 5) is 10.9. The van der Waals surface area contributed by atoms with Gasteiger partial charge >= 0.3 is 0 Å². The molecule has 6 N–H and O–H groups in total. The van der Waals surface area contributed by atoms with Gasteiger partial charge in [-0.3, -0.25) is 5.41 Å². The Morgan fingerprint density at radius 1 is 1.26 bits per heavy atom. The molecule has 9 heteroatoms. The second-order valence-electron chi connectivity index (χ2n) is 5.45. The Morgan fingerprint density at radius 3 is 2.70 bits per heavy atom. The van der Waals surface area contributed by atoms with Crippen LogP contribution in [0.25, 0.3) is 0 Å². The molecule has 23 heavy (non-hydrogen) atoms. The van der Waals surface area contributed by atoms with Crippen molar-refractivity contribution in [3.05, 3.63) is 6.07 Å². The summed E-state index contributed by atoms with van der Waals surface area (Å²) in [5, 5.41) is 22.3. The molecule has 0 unspecified atom stereocenters. The maximum atomic E-state index is 8.95. The molecule has 0 bridgehead atoms. The van der Waals surface area contributed by atoms with Gasteiger partial charge < -0.3 is 21.5 Å². The summed E-state index contributed by atoms with van der Waals surface area (Å²) in [5.74, 6) is 1.13. The Kier molecular flexibility index (Phi) is 4.11. The van der Waals surface area contributed by atoms with Crippen molar-refractivity contribution in [2.75, 3.05) is 42.6 Å². The molecule has 122 valence electrons. The van der Waals surface area contributed by atoms with Crippen molar-refractivity contribution >= 4 is 40.8 Å². The van der Waals surface area contributed by atoms with Gasteiger partial charge in [-0.2, -0.15) is 5.10 Å². The highest BCUT2D eigenvalue weighted by molar-refractivity contribution is 6.63. The van der Waals surface area contributed by atoms with E-state index in [1.54, 1.807) is 6.07 Å². The summed E-state index contributed by atoms with van der Waals surface area (Å²) < 4.78 is 0. The standard InChI is InChI=1S/C14H20N8O/c15-9-7-10(16)14(21-3-1-2-4-21)20-13(9)19-11-8-18-22(5-6-23)12(11)17/h7-8,17,23H,1-6,15-16H2. The Morgan fingerprint density at radius 2 is 2.00 bits per heavy atom. The first-order chi connectivity index (χ1) is 11.1. The fourth-order valence-electron chi connectivity index (χ4n) is 2.63. The number of pyridine rings is 1. The number of amidine groups is 1. The maximum Gasteiger partial charge on any atom is 0.178 e. The van der Waals surface area contributed by atoms with Crippen LogP contribution in [0.15, 0.2) is 16.2 Å². The van der Waals surface area contributed by atoms with E-state index in [9.17, 15) is 0 Å². The highest BCUT2D eigenvalue weighted by atomic mass is 16.3. The first-order valence-corrected chi connectivity index (χ1v) is 7.51. The third-order valence-corrected chi connectivity index (χ3v) is 3.80. The van der Waals surface area contributed by atoms with Gasteiger partial charge in [0.05, 0.1) is 30.7 Å². The fourth-order valence-corrected chi connectivity index (χ4v) is 2.63. The number of hydrazone groups is 1. The van der Waals surface area contributed by atoms with Gasteiger partial charge in [-0.25, -0.2) is 15.0 Å². The first-order valence-electron chi connectivity index (χ1n) is 7.51. The number of hydrogen-bond acceptors (Lipinski definition) is 8. The molecule has 0 radical (unpaired) electrons. The highest BCUT2D eigenvalue weighted by Gasteiger charge is 2.22. The zero-order valence-corrected chi connectivity index (χ0v) is 12.7. The van der Waals surface area contributed by atoms with Gasteiger partial charge in [0.15, 0.2) is 17.5 Å². The molecule has 0 spiro atoms. The van der Waals surface area contributed by atoms with E-state index < -0.39 is 0 Å². The lowest BCUT2D eigenvalue weighted by Crippen LogP contribution is -2.28. The van der Waals surface area contributed by atoms with Crippen LogP contribution in [0.3, 0.4) is 0 Å². The molecule has 2 aliphatic rings. The summed E-state index contributed by atoms with van der Waals surface area (Å²) in [6.07, 6.45) is 3.69. The van der Waals surface area contributed by atoms with Crippen LogP contribution in [0.5, 0.6) is 0 Å². The molecule has 0 amide bonds. The average molecular weight is 316 g/mol. The number of aliphatic hydroxyl groups is 1. The van der Waals surface area contributed by atoms with Crippen LogP contribution >= 0.6 is 0 Å². The Hall–Kier alpha value is -2.68. The van der Waals surface area contributed by atoms with Crippen LogP contribution < -0.4 is 16.4 Å². The van der Waals surface area contributed by atoms with Gasteiger partial charge in [0.1, 0.15) is 5.71 Å². The minimum absolute atomic E-state index is 0.0889. The third-order valence-electron chi connectivity index (χ3n) is 3.80. The molecular formula is C14H20N8O. The molecule has 9 nitrogen and oxygen atoms in total. The predicted molar refractivity (Wildman–Crippen MR) is 91.6 cm³/mol. The number of nitrogens with one attached hydrogen (secondary N) is 1. The largest absolute Gasteiger partial charge is 0.396 e. The molecule has 0 saturated carbocycles. The molecular weight excluding hydrogens is 296 g/mol. The van der Waals surface area contributed by atoms with E-state index in [0.29, 0.717) is 28.7 Å². The summed E-state index contributed by atoms with van der Waals surface area (Å²) in [6, 6.07) is 1.65. The van der Waals surface area contributed by atoms with E-state index >= 15 is 0 Å². The molecule has 1 aromatic heterocycles. The van der Waals surface area contributed by atoms with E-state index in [1.807, 2.05) is 0 Å². The molecule has 2 aliphatic heterocycles. The normalized spacial score (nSPS) is 19.3. The average Bonchev–Trinajstić information content (AvgIpc) is 3.15. The quantitative estimate of drug-likeness (QED) is 0.625. The number of hydrogen-bond donors (Lipinski definition) is 4. The number of aliphatic imine (C=N–C) groups is 1. The van der Waals surface area contributed by atoms with Gasteiger partial charge in [-0.15, -0.1) is 0 Å². The molecule has 3 heterocycles. The number of aromatic nitrogens is 1. The van der Waals surface area contributed by atoms with E-state index in [-0.39, 0.29) is 19.0 Å². The minimum atomic E-state index is -0.0889. The molecule has 0 aromatic carbocycles. The third kappa shape index (κ3) is 2.95. The van der Waals surface area contributed by atoms with Crippen molar-refractivity contribution in [2.45, 2.75) is 12.8 Å². The SMILES string of the molecule is N=C1C(=Nc2nc(N3CCCC3)c(N)cc2N)C=NN1CCO. The summed E-state index contributed by atoms with van der Waals surface area (Å²) in [7, 11) is 0. The second-order valence-corrected chi connectivity index (χ2v) is 5.45. The fraction of sp³-hybridized carbons (Fsp3) is 0.429. The lowest BCUT2D eigenvalue weighted by Gasteiger charge is -2.19. The molecule has 0 atom stereocenters. The van der Waals surface area contributed by atoms with Crippen molar-refractivity contribution in [1.82, 2.24) is 9.99 Å². The van der Waals surface area contributed by atoms with Crippen molar-refractivity contribution in [3.63, 3.8) is 0 Å². The monoisotopic (exact) mass is 316 g/mol. The number of anilines is 3. The van der Waals surface area contributed by atoms with Gasteiger partial charge in [-0.1, -0.05) is 0 Å². The first kappa shape index (κ1) is 15.2. The van der Waals surface area contributed by atoms with Crippen molar-refractivity contribution in [3.8, 4) is 0 Å². The summed E-state index contributed by atoms with van der Waals surface area (Å²) >= 11 is 0. The topological polar surface area (TPSA) is 140 Å². The molecule has 1 saturated heterocycles. The minimum Gasteiger partial charge on any atom is -0.396 e. The number of aliphatic hydroxyl groups excluding tert-OH is 1. The van der Waals surface area contributed by atoms with Gasteiger partial charge in [-0.05, 0) is 18.9 Å². The van der Waals surface area contributed by atoms with Crippen LogP contribution in [-0.4, -0.2) is 59.1 Å². The Bertz CT molecular complexity index is 678. The van der Waals surface area contributed by atoms with Gasteiger partial charge in [0.2, 0.25) is 0 Å². The van der Waals surface area contributed by atoms with Crippen molar-refractivity contribution < 1.29 is 5.11 Å². The number of nitrogens with two attached hydrogens (primary N) is 2. The van der Waals surface area contributed by atoms with Crippen LogP contribution in [0.1, 0.15) is 12.8 Å². The number of nitrogen functional groups attached to an aromatic ring is 2. The van der Waals surface area contributed by atoms with Crippen molar-refractivity contribution in [2.24, 2.45) is 10.1 Å². The molecule has 1 aromatic rings. The summed E-state index contributed by atoms with van der Waals surface area (Å²) in [6.45, 7) is 1.99. The summed E-state index contributed by atoms with van der Waals surface area (Å²) in [5.41, 5.74) is 13.2. The smallest absolute Gasteiger partial charge is 0.178 e. The second kappa shape index (κ2) is 6.21.